The average molecular weight is 500 g/mol. The highest BCUT2D eigenvalue weighted by Crippen LogP contribution is 2.25. The number of pyridine rings is 1. The van der Waals surface area contributed by atoms with Gasteiger partial charge in [0.05, 0.1) is 17.0 Å². The predicted molar refractivity (Wildman–Crippen MR) is 134 cm³/mol. The Morgan fingerprint density at radius 2 is 1.78 bits per heavy atom. The van der Waals surface area contributed by atoms with Crippen LogP contribution in [-0.2, 0) is 13.2 Å². The van der Waals surface area contributed by atoms with Crippen molar-refractivity contribution in [3.05, 3.63) is 113 Å². The Morgan fingerprint density at radius 3 is 2.54 bits per heavy atom. The molecule has 186 valence electrons. The lowest BCUT2D eigenvalue weighted by molar-refractivity contribution is 0.0944. The number of hydrogen-bond donors (Lipinski definition) is 1. The van der Waals surface area contributed by atoms with Crippen LogP contribution in [-0.4, -0.2) is 25.3 Å². The first kappa shape index (κ1) is 24.1. The number of ether oxygens (including phenoxy) is 1. The summed E-state index contributed by atoms with van der Waals surface area (Å²) in [7, 11) is 0. The van der Waals surface area contributed by atoms with Gasteiger partial charge in [0, 0.05) is 30.7 Å². The summed E-state index contributed by atoms with van der Waals surface area (Å²) < 4.78 is 35.4. The van der Waals surface area contributed by atoms with E-state index in [-0.39, 0.29) is 36.1 Å². The van der Waals surface area contributed by atoms with Gasteiger partial charge in [0.25, 0.3) is 11.8 Å². The van der Waals surface area contributed by atoms with Gasteiger partial charge in [0.1, 0.15) is 23.9 Å². The molecule has 7 nitrogen and oxygen atoms in total. The predicted octanol–water partition coefficient (Wildman–Crippen LogP) is 5.20. The molecule has 0 atom stereocenters. The van der Waals surface area contributed by atoms with Crippen LogP contribution in [0.2, 0.25) is 0 Å². The molecule has 0 aliphatic rings. The van der Waals surface area contributed by atoms with Gasteiger partial charge in [-0.25, -0.2) is 18.7 Å². The highest BCUT2D eigenvalue weighted by molar-refractivity contribution is 5.95. The second-order valence-corrected chi connectivity index (χ2v) is 8.50. The van der Waals surface area contributed by atoms with Gasteiger partial charge in [0.2, 0.25) is 5.65 Å². The third-order valence-electron chi connectivity index (χ3n) is 5.93. The number of nitrogens with one attached hydrogen (secondary N) is 1. The number of carbonyl (C=O) groups excluding carboxylic acids is 1. The van der Waals surface area contributed by atoms with Crippen LogP contribution in [0.15, 0.2) is 73.2 Å². The van der Waals surface area contributed by atoms with E-state index in [0.29, 0.717) is 17.1 Å². The van der Waals surface area contributed by atoms with Crippen LogP contribution in [0.5, 0.6) is 5.88 Å². The molecule has 9 heteroatoms. The Bertz CT molecular complexity index is 1580. The zero-order valence-corrected chi connectivity index (χ0v) is 20.2. The Morgan fingerprint density at radius 1 is 1.00 bits per heavy atom. The van der Waals surface area contributed by atoms with Crippen molar-refractivity contribution in [2.24, 2.45) is 0 Å². The Balaban J connectivity index is 1.41. The minimum atomic E-state index is -0.713. The molecule has 0 aliphatic carbocycles. The molecule has 0 saturated carbocycles. The third-order valence-corrected chi connectivity index (χ3v) is 5.93. The van der Waals surface area contributed by atoms with Crippen molar-refractivity contribution in [2.75, 3.05) is 0 Å². The first-order valence-corrected chi connectivity index (χ1v) is 11.6. The lowest BCUT2D eigenvalue weighted by Crippen LogP contribution is -2.25. The van der Waals surface area contributed by atoms with E-state index in [9.17, 15) is 13.6 Å². The molecule has 3 aromatic heterocycles. The summed E-state index contributed by atoms with van der Waals surface area (Å²) in [5.74, 6) is -1.68. The number of fused-ring (bicyclic) bond motifs is 1. The fourth-order valence-electron chi connectivity index (χ4n) is 4.17. The van der Waals surface area contributed by atoms with Crippen molar-refractivity contribution in [1.29, 1.82) is 0 Å². The first-order chi connectivity index (χ1) is 17.9. The van der Waals surface area contributed by atoms with Crippen LogP contribution in [0, 0.1) is 25.5 Å². The molecule has 0 bridgehead atoms. The number of amides is 1. The van der Waals surface area contributed by atoms with Crippen molar-refractivity contribution >= 4 is 11.6 Å². The summed E-state index contributed by atoms with van der Waals surface area (Å²) in [5.41, 5.74) is 4.26. The lowest BCUT2D eigenvalue weighted by Gasteiger charge is -2.12. The molecule has 3 heterocycles. The molecule has 0 spiro atoms. The van der Waals surface area contributed by atoms with Gasteiger partial charge in [-0.2, -0.15) is 0 Å². The molecule has 0 aliphatic heterocycles. The van der Waals surface area contributed by atoms with E-state index in [2.05, 4.69) is 20.3 Å². The van der Waals surface area contributed by atoms with Gasteiger partial charge >= 0.3 is 0 Å². The number of aryl methyl sites for hydroxylation is 2. The standard InChI is InChI=1S/C28H23F2N5O2/c1-17-15-35-25(27(36)32-14-20-7-3-4-9-21(20)19-8-6-12-31-13-19)18(2)34-26(35)28(33-17)37-16-22-23(29)10-5-11-24(22)30/h3-13,15H,14,16H2,1-2H3,(H,32,36). The smallest absolute Gasteiger partial charge is 0.270 e. The van der Waals surface area contributed by atoms with Crippen molar-refractivity contribution in [2.45, 2.75) is 27.0 Å². The molecule has 0 saturated heterocycles. The molecule has 0 radical (unpaired) electrons. The van der Waals surface area contributed by atoms with Crippen LogP contribution in [0.25, 0.3) is 16.8 Å². The van der Waals surface area contributed by atoms with E-state index >= 15 is 0 Å². The second-order valence-electron chi connectivity index (χ2n) is 8.50. The maximum atomic E-state index is 14.1. The summed E-state index contributed by atoms with van der Waals surface area (Å²) in [6.45, 7) is 3.36. The quantitative estimate of drug-likeness (QED) is 0.333. The number of aromatic nitrogens is 4. The largest absolute Gasteiger partial charge is 0.470 e. The van der Waals surface area contributed by atoms with Gasteiger partial charge in [-0.15, -0.1) is 0 Å². The van der Waals surface area contributed by atoms with Gasteiger partial charge in [-0.1, -0.05) is 36.4 Å². The molecular formula is C28H23F2N5O2. The number of benzene rings is 2. The van der Waals surface area contributed by atoms with Crippen LogP contribution >= 0.6 is 0 Å². The topological polar surface area (TPSA) is 81.4 Å². The highest BCUT2D eigenvalue weighted by atomic mass is 19.1. The minimum Gasteiger partial charge on any atom is -0.470 e. The monoisotopic (exact) mass is 499 g/mol. The molecule has 1 amide bonds. The molecular weight excluding hydrogens is 476 g/mol. The van der Waals surface area contributed by atoms with Crippen molar-refractivity contribution in [3.8, 4) is 17.0 Å². The molecule has 0 fully saturated rings. The van der Waals surface area contributed by atoms with E-state index in [1.54, 1.807) is 36.8 Å². The van der Waals surface area contributed by atoms with E-state index in [4.69, 9.17) is 4.74 Å². The molecule has 5 aromatic rings. The van der Waals surface area contributed by atoms with Crippen molar-refractivity contribution in [1.82, 2.24) is 24.7 Å². The summed E-state index contributed by atoms with van der Waals surface area (Å²) in [4.78, 5) is 26.3. The Kier molecular flexibility index (Phi) is 6.59. The fraction of sp³-hybridized carbons (Fsp3) is 0.143. The van der Waals surface area contributed by atoms with E-state index in [0.717, 1.165) is 28.8 Å². The molecule has 37 heavy (non-hydrogen) atoms. The third kappa shape index (κ3) is 4.88. The summed E-state index contributed by atoms with van der Waals surface area (Å²) in [5, 5.41) is 2.98. The molecule has 1 N–H and O–H groups in total. The maximum Gasteiger partial charge on any atom is 0.270 e. The Labute approximate surface area is 211 Å². The second kappa shape index (κ2) is 10.1. The lowest BCUT2D eigenvalue weighted by atomic mass is 10.0. The number of imidazole rings is 1. The zero-order valence-electron chi connectivity index (χ0n) is 20.2. The first-order valence-electron chi connectivity index (χ1n) is 11.6. The van der Waals surface area contributed by atoms with Crippen LogP contribution in [0.3, 0.4) is 0 Å². The van der Waals surface area contributed by atoms with Crippen LogP contribution in [0.4, 0.5) is 8.78 Å². The molecule has 2 aromatic carbocycles. The van der Waals surface area contributed by atoms with Gasteiger partial charge in [0.15, 0.2) is 0 Å². The molecule has 0 unspecified atom stereocenters. The van der Waals surface area contributed by atoms with Crippen molar-refractivity contribution < 1.29 is 18.3 Å². The van der Waals surface area contributed by atoms with E-state index in [1.165, 1.54) is 6.07 Å². The van der Waals surface area contributed by atoms with E-state index in [1.807, 2.05) is 36.4 Å². The average Bonchev–Trinajstić information content (AvgIpc) is 3.23. The van der Waals surface area contributed by atoms with E-state index < -0.39 is 11.6 Å². The van der Waals surface area contributed by atoms with Crippen molar-refractivity contribution in [3.63, 3.8) is 0 Å². The maximum absolute atomic E-state index is 14.1. The SMILES string of the molecule is Cc1cn2c(C(=O)NCc3ccccc3-c3cccnc3)c(C)nc2c(OCc2c(F)cccc2F)n1. The number of hydrogen-bond acceptors (Lipinski definition) is 5. The van der Waals surface area contributed by atoms with Gasteiger partial charge in [-0.05, 0) is 43.2 Å². The normalized spacial score (nSPS) is 11.0. The Hall–Kier alpha value is -4.66. The number of carbonyl (C=O) groups is 1. The van der Waals surface area contributed by atoms with Crippen LogP contribution in [0.1, 0.15) is 33.0 Å². The number of halogens is 2. The minimum absolute atomic E-state index is 0.0757. The number of rotatable bonds is 7. The fourth-order valence-corrected chi connectivity index (χ4v) is 4.17. The summed E-state index contributed by atoms with van der Waals surface area (Å²) >= 11 is 0. The van der Waals surface area contributed by atoms with Crippen LogP contribution < -0.4 is 10.1 Å². The zero-order chi connectivity index (χ0) is 25.9. The molecule has 5 rings (SSSR count). The van der Waals surface area contributed by atoms with Gasteiger partial charge < -0.3 is 10.1 Å². The summed E-state index contributed by atoms with van der Waals surface area (Å²) in [6, 6.07) is 15.2. The van der Waals surface area contributed by atoms with Gasteiger partial charge in [-0.3, -0.25) is 14.2 Å². The summed E-state index contributed by atoms with van der Waals surface area (Å²) in [6.07, 6.45) is 5.16. The number of nitrogens with zero attached hydrogens (tertiary/aromatic N) is 4. The highest BCUT2D eigenvalue weighted by Gasteiger charge is 2.21.